The first-order chi connectivity index (χ1) is 33.2. The van der Waals surface area contributed by atoms with Crippen LogP contribution in [0.3, 0.4) is 0 Å². The van der Waals surface area contributed by atoms with Crippen LogP contribution in [-0.4, -0.2) is 0 Å². The van der Waals surface area contributed by atoms with Crippen LogP contribution in [0.2, 0.25) is 0 Å². The highest BCUT2D eigenvalue weighted by Crippen LogP contribution is 2.69. The van der Waals surface area contributed by atoms with Crippen molar-refractivity contribution in [1.82, 2.24) is 0 Å². The van der Waals surface area contributed by atoms with Crippen LogP contribution in [0.1, 0.15) is 34.7 Å². The molecule has 1 atom stereocenters. The van der Waals surface area contributed by atoms with E-state index in [4.69, 9.17) is 0 Å². The van der Waals surface area contributed by atoms with Crippen molar-refractivity contribution in [3.8, 4) is 32.7 Å². The van der Waals surface area contributed by atoms with Gasteiger partial charge in [-0.05, 0) is 111 Å². The summed E-state index contributed by atoms with van der Waals surface area (Å²) in [5, 5.41) is 1.30. The number of nitrogens with zero attached hydrogens (tertiary/aromatic N) is 2. The standard InChI is InChI=1S/C64H46N2S/c1-3-47(43-42-44(2)45-24-8-4-9-25-45)66(56-38-20-17-32-50(56)46-26-10-5-11-27-46)57-39-23-37-55-60(57)51-33-16-19-36-54(51)64(55)61-53(63-62(64)52-34-18-21-41-59(52)67-63)35-22-40-58(61)65(48-28-12-6-13-29-48)49-30-14-7-15-31-49/h3-43H,2H2,1H3/b43-42-,47-3+. The van der Waals surface area contributed by atoms with E-state index < -0.39 is 5.41 Å². The van der Waals surface area contributed by atoms with Crippen molar-refractivity contribution < 1.29 is 0 Å². The quantitative estimate of drug-likeness (QED) is 0.126. The Bertz CT molecular complexity index is 3510. The zero-order valence-corrected chi connectivity index (χ0v) is 38.0. The van der Waals surface area contributed by atoms with Gasteiger partial charge in [-0.3, -0.25) is 0 Å². The molecule has 0 fully saturated rings. The third-order valence-electron chi connectivity index (χ3n) is 13.6. The van der Waals surface area contributed by atoms with Crippen molar-refractivity contribution >= 4 is 55.4 Å². The number of rotatable bonds is 10. The second kappa shape index (κ2) is 16.6. The highest BCUT2D eigenvalue weighted by Gasteiger charge is 2.56. The van der Waals surface area contributed by atoms with Gasteiger partial charge in [0.25, 0.3) is 0 Å². The number of anilines is 5. The molecule has 0 N–H and O–H groups in total. The van der Waals surface area contributed by atoms with Gasteiger partial charge in [-0.2, -0.15) is 0 Å². The van der Waals surface area contributed by atoms with Crippen LogP contribution in [0.4, 0.5) is 28.4 Å². The van der Waals surface area contributed by atoms with E-state index in [0.29, 0.717) is 0 Å². The molecule has 2 aliphatic rings. The third-order valence-corrected chi connectivity index (χ3v) is 14.8. The number of benzene rings is 9. The van der Waals surface area contributed by atoms with Crippen LogP contribution < -0.4 is 9.80 Å². The molecular formula is C64H46N2S. The second-order valence-corrected chi connectivity index (χ2v) is 18.2. The van der Waals surface area contributed by atoms with Crippen LogP contribution in [0.15, 0.2) is 261 Å². The summed E-state index contributed by atoms with van der Waals surface area (Å²) in [7, 11) is 0. The molecule has 12 rings (SSSR count). The molecule has 1 aromatic heterocycles. The van der Waals surface area contributed by atoms with Gasteiger partial charge in [0.05, 0.1) is 22.5 Å². The summed E-state index contributed by atoms with van der Waals surface area (Å²) < 4.78 is 1.30. The lowest BCUT2D eigenvalue weighted by Crippen LogP contribution is -2.28. The monoisotopic (exact) mass is 874 g/mol. The molecular weight excluding hydrogens is 829 g/mol. The first-order valence-corrected chi connectivity index (χ1v) is 23.8. The van der Waals surface area contributed by atoms with E-state index in [1.165, 1.54) is 59.6 Å². The van der Waals surface area contributed by atoms with Gasteiger partial charge in [-0.1, -0.05) is 201 Å². The maximum atomic E-state index is 4.53. The molecule has 9 aromatic carbocycles. The number of thiophene rings is 1. The summed E-state index contributed by atoms with van der Waals surface area (Å²) in [6.45, 7) is 6.68. The van der Waals surface area contributed by atoms with Crippen molar-refractivity contribution in [2.45, 2.75) is 12.3 Å². The minimum Gasteiger partial charge on any atom is -0.310 e. The summed E-state index contributed by atoms with van der Waals surface area (Å²) in [6.07, 6.45) is 6.63. The van der Waals surface area contributed by atoms with Gasteiger partial charge in [-0.25, -0.2) is 0 Å². The smallest absolute Gasteiger partial charge is 0.0761 e. The molecule has 2 aliphatic carbocycles. The summed E-state index contributed by atoms with van der Waals surface area (Å²) in [4.78, 5) is 6.28. The molecule has 0 bridgehead atoms. The average molecular weight is 875 g/mol. The third kappa shape index (κ3) is 6.38. The lowest BCUT2D eigenvalue weighted by Gasteiger charge is -2.36. The second-order valence-electron chi connectivity index (χ2n) is 17.2. The number of fused-ring (bicyclic) bond motifs is 12. The number of allylic oxidation sites excluding steroid dienone is 4. The Morgan fingerprint density at radius 3 is 1.76 bits per heavy atom. The summed E-state index contributed by atoms with van der Waals surface area (Å²) in [6, 6.07) is 84.0. The zero-order chi connectivity index (χ0) is 44.9. The Morgan fingerprint density at radius 2 is 1.03 bits per heavy atom. The normalized spacial score (nSPS) is 14.5. The van der Waals surface area contributed by atoms with Crippen LogP contribution in [0, 0.1) is 0 Å². The highest BCUT2D eigenvalue weighted by atomic mass is 32.1. The molecule has 0 amide bonds. The molecule has 0 aliphatic heterocycles. The van der Waals surface area contributed by atoms with Crippen molar-refractivity contribution in [2.24, 2.45) is 0 Å². The average Bonchev–Trinajstić information content (AvgIpc) is 4.03. The van der Waals surface area contributed by atoms with E-state index in [-0.39, 0.29) is 0 Å². The van der Waals surface area contributed by atoms with E-state index in [2.05, 4.69) is 272 Å². The van der Waals surface area contributed by atoms with E-state index in [9.17, 15) is 0 Å². The lowest BCUT2D eigenvalue weighted by atomic mass is 9.69. The number of hydrogen-bond acceptors (Lipinski definition) is 3. The molecule has 2 nitrogen and oxygen atoms in total. The van der Waals surface area contributed by atoms with E-state index in [1.807, 2.05) is 11.3 Å². The van der Waals surface area contributed by atoms with Gasteiger partial charge < -0.3 is 9.80 Å². The van der Waals surface area contributed by atoms with Crippen molar-refractivity contribution in [1.29, 1.82) is 0 Å². The Kier molecular flexibility index (Phi) is 10.0. The molecule has 1 heterocycles. The van der Waals surface area contributed by atoms with Gasteiger partial charge >= 0.3 is 0 Å². The molecule has 318 valence electrons. The highest BCUT2D eigenvalue weighted by molar-refractivity contribution is 7.22. The summed E-state index contributed by atoms with van der Waals surface area (Å²) in [5.74, 6) is 0. The van der Waals surface area contributed by atoms with Crippen LogP contribution >= 0.6 is 11.3 Å². The molecule has 1 spiro atoms. The first-order valence-electron chi connectivity index (χ1n) is 23.0. The Labute approximate surface area is 397 Å². The summed E-state index contributed by atoms with van der Waals surface area (Å²) in [5.41, 5.74) is 19.3. The molecule has 10 aromatic rings. The van der Waals surface area contributed by atoms with E-state index >= 15 is 0 Å². The van der Waals surface area contributed by atoms with Crippen LogP contribution in [-0.2, 0) is 5.41 Å². The summed E-state index contributed by atoms with van der Waals surface area (Å²) >= 11 is 1.92. The molecule has 0 saturated heterocycles. The van der Waals surface area contributed by atoms with Crippen molar-refractivity contribution in [3.63, 3.8) is 0 Å². The molecule has 1 unspecified atom stereocenters. The largest absolute Gasteiger partial charge is 0.310 e. The zero-order valence-electron chi connectivity index (χ0n) is 37.2. The number of hydrogen-bond donors (Lipinski definition) is 0. The van der Waals surface area contributed by atoms with Crippen LogP contribution in [0.25, 0.3) is 48.4 Å². The topological polar surface area (TPSA) is 6.48 Å². The lowest BCUT2D eigenvalue weighted by molar-refractivity contribution is 0.801. The van der Waals surface area contributed by atoms with Crippen molar-refractivity contribution in [3.05, 3.63) is 289 Å². The SMILES string of the molecule is C=C(/C=C\C(=C/C)N(c1ccccc1-c1ccccc1)c1cccc2c1-c1ccccc1C21c2c(cccc2N(c2ccccc2)c2ccccc2)-c2sc3ccccc3c21)c1ccccc1. The van der Waals surface area contributed by atoms with Gasteiger partial charge in [0, 0.05) is 43.3 Å². The molecule has 3 heteroatoms. The molecule has 0 saturated carbocycles. The molecule has 67 heavy (non-hydrogen) atoms. The Morgan fingerprint density at radius 1 is 0.478 bits per heavy atom. The van der Waals surface area contributed by atoms with Crippen molar-refractivity contribution in [2.75, 3.05) is 9.80 Å². The maximum Gasteiger partial charge on any atom is 0.0761 e. The van der Waals surface area contributed by atoms with Gasteiger partial charge in [0.2, 0.25) is 0 Å². The maximum absolute atomic E-state index is 4.53. The van der Waals surface area contributed by atoms with Gasteiger partial charge in [0.1, 0.15) is 0 Å². The van der Waals surface area contributed by atoms with E-state index in [1.54, 1.807) is 0 Å². The Hall–Kier alpha value is -8.24. The fraction of sp³-hybridized carbons (Fsp3) is 0.0312. The fourth-order valence-corrected chi connectivity index (χ4v) is 12.1. The minimum absolute atomic E-state index is 0.664. The van der Waals surface area contributed by atoms with E-state index in [0.717, 1.165) is 50.7 Å². The van der Waals surface area contributed by atoms with Crippen LogP contribution in [0.5, 0.6) is 0 Å². The predicted octanol–water partition coefficient (Wildman–Crippen LogP) is 17.7. The number of para-hydroxylation sites is 3. The predicted molar refractivity (Wildman–Crippen MR) is 285 cm³/mol. The Balaban J connectivity index is 1.18. The van der Waals surface area contributed by atoms with Gasteiger partial charge in [-0.15, -0.1) is 11.3 Å². The minimum atomic E-state index is -0.664. The first kappa shape index (κ1) is 40.3. The fourth-order valence-electron chi connectivity index (χ4n) is 10.8. The molecule has 0 radical (unpaired) electrons. The van der Waals surface area contributed by atoms with Gasteiger partial charge in [0.15, 0.2) is 0 Å².